The number of nitrogens with zero attached hydrogens (tertiary/aromatic N) is 5. The van der Waals surface area contributed by atoms with Crippen molar-refractivity contribution in [2.45, 2.75) is 12.0 Å². The SMILES string of the molecule is C1=c2ccccc2=CC2c3c(c4c5c6ccccc6ccc5n(-c5ccccc5)c4c4c5ccc6ccccc6c5n(-c5nc(-c6ccccc6)nc(-c6ccccc6)n5)c34)OC12. The number of aromatic nitrogens is 5. The Bertz CT molecular complexity index is 3950. The molecule has 6 heteroatoms. The zero-order chi connectivity index (χ0) is 41.2. The number of ether oxygens (including phenoxy) is 1. The van der Waals surface area contributed by atoms with E-state index in [-0.39, 0.29) is 12.0 Å². The number of hydrogen-bond donors (Lipinski definition) is 0. The number of benzene rings is 9. The predicted octanol–water partition coefficient (Wildman–Crippen LogP) is 11.8. The molecule has 63 heavy (non-hydrogen) atoms. The van der Waals surface area contributed by atoms with Gasteiger partial charge in [0.05, 0.1) is 27.5 Å². The normalized spacial score (nSPS) is 15.4. The molecule has 9 aromatic carbocycles. The van der Waals surface area contributed by atoms with E-state index in [1.807, 2.05) is 36.4 Å². The first kappa shape index (κ1) is 34.4. The summed E-state index contributed by atoms with van der Waals surface area (Å²) < 4.78 is 12.3. The highest BCUT2D eigenvalue weighted by Gasteiger charge is 2.41. The van der Waals surface area contributed by atoms with Gasteiger partial charge in [0.15, 0.2) is 11.6 Å². The molecular weight excluding hydrogens is 771 g/mol. The average molecular weight is 806 g/mol. The quantitative estimate of drug-likeness (QED) is 0.178. The van der Waals surface area contributed by atoms with Crippen molar-refractivity contribution in [1.29, 1.82) is 0 Å². The van der Waals surface area contributed by atoms with Crippen molar-refractivity contribution >= 4 is 77.3 Å². The van der Waals surface area contributed by atoms with E-state index in [2.05, 4.69) is 173 Å². The number of para-hydroxylation sites is 1. The van der Waals surface area contributed by atoms with Crippen LogP contribution >= 0.6 is 0 Å². The zero-order valence-electron chi connectivity index (χ0n) is 33.9. The van der Waals surface area contributed by atoms with Gasteiger partial charge in [0, 0.05) is 49.8 Å². The molecule has 294 valence electrons. The van der Waals surface area contributed by atoms with Crippen LogP contribution in [-0.4, -0.2) is 30.2 Å². The molecule has 4 heterocycles. The van der Waals surface area contributed by atoms with Crippen molar-refractivity contribution in [1.82, 2.24) is 24.1 Å². The van der Waals surface area contributed by atoms with E-state index in [0.717, 1.165) is 77.1 Å². The lowest BCUT2D eigenvalue weighted by atomic mass is 9.87. The molecule has 3 aromatic heterocycles. The molecule has 1 aliphatic carbocycles. The van der Waals surface area contributed by atoms with Gasteiger partial charge >= 0.3 is 0 Å². The van der Waals surface area contributed by atoms with Crippen LogP contribution in [0, 0.1) is 0 Å². The molecule has 2 atom stereocenters. The van der Waals surface area contributed by atoms with Gasteiger partial charge in [0.2, 0.25) is 5.95 Å². The summed E-state index contributed by atoms with van der Waals surface area (Å²) in [5.74, 6) is 2.58. The van der Waals surface area contributed by atoms with Crippen LogP contribution in [0.3, 0.4) is 0 Å². The van der Waals surface area contributed by atoms with Gasteiger partial charge in [0.25, 0.3) is 0 Å². The molecule has 0 saturated carbocycles. The van der Waals surface area contributed by atoms with Crippen molar-refractivity contribution in [2.24, 2.45) is 0 Å². The van der Waals surface area contributed by atoms with Crippen LogP contribution in [0.2, 0.25) is 0 Å². The van der Waals surface area contributed by atoms with Crippen LogP contribution in [0.1, 0.15) is 11.5 Å². The Labute approximate surface area is 360 Å². The molecule has 0 radical (unpaired) electrons. The molecular formula is C57H35N5O. The predicted molar refractivity (Wildman–Crippen MR) is 256 cm³/mol. The van der Waals surface area contributed by atoms with Gasteiger partial charge in [0.1, 0.15) is 11.9 Å². The van der Waals surface area contributed by atoms with Crippen LogP contribution in [0.5, 0.6) is 5.75 Å². The van der Waals surface area contributed by atoms with Gasteiger partial charge < -0.3 is 9.30 Å². The van der Waals surface area contributed by atoms with Gasteiger partial charge in [-0.25, -0.2) is 4.98 Å². The van der Waals surface area contributed by atoms with Gasteiger partial charge in [-0.05, 0) is 50.9 Å². The van der Waals surface area contributed by atoms with Crippen molar-refractivity contribution in [2.75, 3.05) is 0 Å². The summed E-state index contributed by atoms with van der Waals surface area (Å²) in [5.41, 5.74) is 8.35. The zero-order valence-corrected chi connectivity index (χ0v) is 33.9. The van der Waals surface area contributed by atoms with Crippen LogP contribution < -0.4 is 15.2 Å². The second-order valence-corrected chi connectivity index (χ2v) is 16.6. The Kier molecular flexibility index (Phi) is 7.13. The maximum absolute atomic E-state index is 7.49. The van der Waals surface area contributed by atoms with Crippen LogP contribution in [0.15, 0.2) is 188 Å². The molecule has 0 amide bonds. The van der Waals surface area contributed by atoms with Gasteiger partial charge in [-0.15, -0.1) is 0 Å². The lowest BCUT2D eigenvalue weighted by Crippen LogP contribution is -2.34. The molecule has 0 saturated heterocycles. The number of fused-ring (bicyclic) bond motifs is 17. The first-order chi connectivity index (χ1) is 31.3. The van der Waals surface area contributed by atoms with E-state index in [4.69, 9.17) is 19.7 Å². The van der Waals surface area contributed by atoms with Crippen molar-refractivity contribution in [3.63, 3.8) is 0 Å². The first-order valence-corrected chi connectivity index (χ1v) is 21.5. The van der Waals surface area contributed by atoms with Gasteiger partial charge in [-0.1, -0.05) is 176 Å². The summed E-state index contributed by atoms with van der Waals surface area (Å²) in [7, 11) is 0. The minimum atomic E-state index is -0.227. The average Bonchev–Trinajstić information content (AvgIpc) is 4.02. The van der Waals surface area contributed by atoms with E-state index in [1.54, 1.807) is 0 Å². The molecule has 12 aromatic rings. The Balaban J connectivity index is 1.26. The first-order valence-electron chi connectivity index (χ1n) is 21.5. The van der Waals surface area contributed by atoms with Crippen LogP contribution in [-0.2, 0) is 0 Å². The third kappa shape index (κ3) is 4.91. The van der Waals surface area contributed by atoms with E-state index >= 15 is 0 Å². The van der Waals surface area contributed by atoms with Crippen LogP contribution in [0.25, 0.3) is 112 Å². The Hall–Kier alpha value is -8.35. The summed E-state index contributed by atoms with van der Waals surface area (Å²) in [6, 6.07) is 66.5. The second kappa shape index (κ2) is 13.1. The number of hydrogen-bond acceptors (Lipinski definition) is 4. The Morgan fingerprint density at radius 2 is 1.00 bits per heavy atom. The topological polar surface area (TPSA) is 57.8 Å². The number of rotatable bonds is 4. The fourth-order valence-corrected chi connectivity index (χ4v) is 10.6. The molecule has 6 nitrogen and oxygen atoms in total. The minimum absolute atomic E-state index is 0.0924. The van der Waals surface area contributed by atoms with E-state index in [9.17, 15) is 0 Å². The largest absolute Gasteiger partial charge is 0.484 e. The second-order valence-electron chi connectivity index (χ2n) is 16.6. The van der Waals surface area contributed by atoms with Gasteiger partial charge in [-0.3, -0.25) is 4.57 Å². The summed E-state index contributed by atoms with van der Waals surface area (Å²) >= 11 is 0. The van der Waals surface area contributed by atoms with Crippen LogP contribution in [0.4, 0.5) is 0 Å². The fourth-order valence-electron chi connectivity index (χ4n) is 10.6. The van der Waals surface area contributed by atoms with E-state index in [0.29, 0.717) is 17.6 Å². The standard InChI is InChI=1S/C57H35N5O/c1-4-18-36(19-5-1)55-58-56(37-20-6-2-7-21-37)60-57(59-55)62-51-42-27-15-13-17-35(42)28-30-43(51)48-52(62)49-44-32-38-22-10-11-23-39(38)33-46(44)63-54(49)50-47-41-26-14-12-16-34(41)29-31-45(47)61(53(48)50)40-24-8-3-9-25-40/h1-33,44,46H. The summed E-state index contributed by atoms with van der Waals surface area (Å²) in [5, 5.41) is 11.6. The lowest BCUT2D eigenvalue weighted by molar-refractivity contribution is 0.291. The van der Waals surface area contributed by atoms with Crippen molar-refractivity contribution in [3.8, 4) is 40.2 Å². The molecule has 0 bridgehead atoms. The third-order valence-corrected chi connectivity index (χ3v) is 13.2. The van der Waals surface area contributed by atoms with E-state index in [1.165, 1.54) is 26.6 Å². The highest BCUT2D eigenvalue weighted by atomic mass is 16.5. The molecule has 2 aliphatic rings. The molecule has 14 rings (SSSR count). The van der Waals surface area contributed by atoms with Crippen molar-refractivity contribution in [3.05, 3.63) is 204 Å². The molecule has 1 aliphatic heterocycles. The smallest absolute Gasteiger partial charge is 0.238 e. The monoisotopic (exact) mass is 805 g/mol. The fraction of sp³-hybridized carbons (Fsp3) is 0.0351. The highest BCUT2D eigenvalue weighted by Crippen LogP contribution is 2.56. The maximum Gasteiger partial charge on any atom is 0.238 e. The molecule has 0 spiro atoms. The third-order valence-electron chi connectivity index (χ3n) is 13.2. The minimum Gasteiger partial charge on any atom is -0.484 e. The summed E-state index contributed by atoms with van der Waals surface area (Å²) in [4.78, 5) is 16.1. The lowest BCUT2D eigenvalue weighted by Gasteiger charge is -2.17. The summed E-state index contributed by atoms with van der Waals surface area (Å²) in [6.45, 7) is 0. The Morgan fingerprint density at radius 3 is 1.71 bits per heavy atom. The molecule has 0 fully saturated rings. The molecule has 0 N–H and O–H groups in total. The highest BCUT2D eigenvalue weighted by molar-refractivity contribution is 6.34. The Morgan fingerprint density at radius 1 is 0.413 bits per heavy atom. The maximum atomic E-state index is 7.49. The van der Waals surface area contributed by atoms with Crippen molar-refractivity contribution < 1.29 is 4.74 Å². The van der Waals surface area contributed by atoms with Gasteiger partial charge in [-0.2, -0.15) is 9.97 Å². The molecule has 2 unspecified atom stereocenters. The summed E-state index contributed by atoms with van der Waals surface area (Å²) in [6.07, 6.45) is 4.51. The van der Waals surface area contributed by atoms with E-state index < -0.39 is 0 Å².